The van der Waals surface area contributed by atoms with Crippen molar-refractivity contribution >= 4 is 34.0 Å². The van der Waals surface area contributed by atoms with Crippen LogP contribution in [0, 0.1) is 0 Å². The number of benzene rings is 1. The molecule has 76 valence electrons. The molecule has 1 unspecified atom stereocenters. The summed E-state index contributed by atoms with van der Waals surface area (Å²) in [5.41, 5.74) is 0. The standard InChI is InChI=1S/C9H9Cl2NOS/c10-6-1-2-8(11)9(3-6)14(13)7-4-12-5-7/h1-3,7,12H,4-5H2. The number of rotatable bonds is 2. The Morgan fingerprint density at radius 2 is 2.07 bits per heavy atom. The van der Waals surface area contributed by atoms with Gasteiger partial charge in [-0.15, -0.1) is 0 Å². The molecule has 1 heterocycles. The molecule has 0 amide bonds. The molecule has 2 rings (SSSR count). The minimum absolute atomic E-state index is 0.172. The molecule has 0 aliphatic carbocycles. The summed E-state index contributed by atoms with van der Waals surface area (Å²) < 4.78 is 11.9. The van der Waals surface area contributed by atoms with Crippen molar-refractivity contribution in [3.63, 3.8) is 0 Å². The molecule has 1 aromatic carbocycles. The van der Waals surface area contributed by atoms with E-state index in [1.165, 1.54) is 0 Å². The lowest BCUT2D eigenvalue weighted by atomic mass is 10.3. The van der Waals surface area contributed by atoms with E-state index in [9.17, 15) is 4.21 Å². The lowest BCUT2D eigenvalue weighted by molar-refractivity contribution is 0.526. The maximum Gasteiger partial charge on any atom is 0.0644 e. The molecule has 0 bridgehead atoms. The topological polar surface area (TPSA) is 29.1 Å². The van der Waals surface area contributed by atoms with Crippen LogP contribution >= 0.6 is 23.2 Å². The Bertz CT molecular complexity index is 379. The van der Waals surface area contributed by atoms with Crippen molar-refractivity contribution in [3.05, 3.63) is 28.2 Å². The summed E-state index contributed by atoms with van der Waals surface area (Å²) in [7, 11) is -1.04. The number of hydrogen-bond acceptors (Lipinski definition) is 2. The Labute approximate surface area is 95.1 Å². The van der Waals surface area contributed by atoms with Crippen LogP contribution in [0.2, 0.25) is 10.0 Å². The van der Waals surface area contributed by atoms with Crippen molar-refractivity contribution in [2.75, 3.05) is 13.1 Å². The molecule has 1 atom stereocenters. The van der Waals surface area contributed by atoms with Gasteiger partial charge in [-0.1, -0.05) is 23.2 Å². The average molecular weight is 250 g/mol. The van der Waals surface area contributed by atoms with E-state index in [-0.39, 0.29) is 5.25 Å². The second kappa shape index (κ2) is 4.19. The smallest absolute Gasteiger partial charge is 0.0644 e. The zero-order chi connectivity index (χ0) is 10.1. The highest BCUT2D eigenvalue weighted by molar-refractivity contribution is 7.86. The largest absolute Gasteiger partial charge is 0.314 e. The zero-order valence-corrected chi connectivity index (χ0v) is 9.62. The predicted molar refractivity (Wildman–Crippen MR) is 59.5 cm³/mol. The summed E-state index contributed by atoms with van der Waals surface area (Å²) in [6, 6.07) is 5.06. The maximum absolute atomic E-state index is 11.9. The third-order valence-corrected chi connectivity index (χ3v) is 4.54. The fourth-order valence-corrected chi connectivity index (χ4v) is 3.21. The van der Waals surface area contributed by atoms with Gasteiger partial charge in [0.15, 0.2) is 0 Å². The van der Waals surface area contributed by atoms with Crippen LogP contribution in [-0.2, 0) is 10.8 Å². The van der Waals surface area contributed by atoms with Crippen molar-refractivity contribution in [3.8, 4) is 0 Å². The molecular formula is C9H9Cl2NOS. The van der Waals surface area contributed by atoms with Crippen LogP contribution in [0.3, 0.4) is 0 Å². The highest BCUT2D eigenvalue weighted by Gasteiger charge is 2.26. The quantitative estimate of drug-likeness (QED) is 0.870. The van der Waals surface area contributed by atoms with E-state index in [1.807, 2.05) is 0 Å². The molecular weight excluding hydrogens is 241 g/mol. The summed E-state index contributed by atoms with van der Waals surface area (Å²) in [4.78, 5) is 0.644. The van der Waals surface area contributed by atoms with Crippen molar-refractivity contribution in [2.24, 2.45) is 0 Å². The van der Waals surface area contributed by atoms with Gasteiger partial charge in [0, 0.05) is 18.1 Å². The van der Waals surface area contributed by atoms with E-state index in [0.717, 1.165) is 13.1 Å². The van der Waals surface area contributed by atoms with Gasteiger partial charge in [0.2, 0.25) is 0 Å². The Morgan fingerprint density at radius 1 is 1.36 bits per heavy atom. The number of nitrogens with one attached hydrogen (secondary N) is 1. The second-order valence-electron chi connectivity index (χ2n) is 3.15. The van der Waals surface area contributed by atoms with E-state index in [2.05, 4.69) is 5.32 Å². The molecule has 1 aromatic rings. The minimum atomic E-state index is -1.04. The van der Waals surface area contributed by atoms with Gasteiger partial charge in [-0.05, 0) is 18.2 Å². The first-order chi connectivity index (χ1) is 6.68. The molecule has 1 aliphatic heterocycles. The third kappa shape index (κ3) is 1.96. The van der Waals surface area contributed by atoms with Gasteiger partial charge in [0.25, 0.3) is 0 Å². The first-order valence-corrected chi connectivity index (χ1v) is 6.22. The van der Waals surface area contributed by atoms with Crippen molar-refractivity contribution < 1.29 is 4.21 Å². The van der Waals surface area contributed by atoms with Gasteiger partial charge >= 0.3 is 0 Å². The average Bonchev–Trinajstić information content (AvgIpc) is 2.06. The van der Waals surface area contributed by atoms with Crippen molar-refractivity contribution in [1.82, 2.24) is 5.32 Å². The molecule has 5 heteroatoms. The Kier molecular flexibility index (Phi) is 3.12. The van der Waals surface area contributed by atoms with Crippen LogP contribution in [0.25, 0.3) is 0 Å². The van der Waals surface area contributed by atoms with Gasteiger partial charge in [-0.3, -0.25) is 4.21 Å². The normalized spacial score (nSPS) is 19.0. The molecule has 1 N–H and O–H groups in total. The van der Waals surface area contributed by atoms with Crippen LogP contribution in [-0.4, -0.2) is 22.5 Å². The lowest BCUT2D eigenvalue weighted by Gasteiger charge is -2.26. The molecule has 0 spiro atoms. The summed E-state index contributed by atoms with van der Waals surface area (Å²) in [5.74, 6) is 0. The first-order valence-electron chi connectivity index (χ1n) is 4.25. The van der Waals surface area contributed by atoms with E-state index >= 15 is 0 Å². The lowest BCUT2D eigenvalue weighted by Crippen LogP contribution is -2.49. The highest BCUT2D eigenvalue weighted by Crippen LogP contribution is 2.26. The van der Waals surface area contributed by atoms with E-state index in [4.69, 9.17) is 23.2 Å². The molecule has 0 aromatic heterocycles. The predicted octanol–water partition coefficient (Wildman–Crippen LogP) is 2.07. The van der Waals surface area contributed by atoms with Gasteiger partial charge < -0.3 is 5.32 Å². The number of hydrogen-bond donors (Lipinski definition) is 1. The Hall–Kier alpha value is -0.0900. The van der Waals surface area contributed by atoms with Crippen LogP contribution < -0.4 is 5.32 Å². The minimum Gasteiger partial charge on any atom is -0.314 e. The van der Waals surface area contributed by atoms with Crippen LogP contribution in [0.5, 0.6) is 0 Å². The first kappa shape index (κ1) is 10.4. The van der Waals surface area contributed by atoms with E-state index in [1.54, 1.807) is 18.2 Å². The van der Waals surface area contributed by atoms with E-state index in [0.29, 0.717) is 14.9 Å². The van der Waals surface area contributed by atoms with Crippen LogP contribution in [0.4, 0.5) is 0 Å². The van der Waals surface area contributed by atoms with Crippen LogP contribution in [0.15, 0.2) is 23.1 Å². The second-order valence-corrected chi connectivity index (χ2v) is 5.70. The van der Waals surface area contributed by atoms with E-state index < -0.39 is 10.8 Å². The maximum atomic E-state index is 11.9. The SMILES string of the molecule is O=S(c1cc(Cl)ccc1Cl)C1CNC1. The monoisotopic (exact) mass is 249 g/mol. The summed E-state index contributed by atoms with van der Waals surface area (Å²) in [6.45, 7) is 1.57. The van der Waals surface area contributed by atoms with Crippen molar-refractivity contribution in [2.45, 2.75) is 10.1 Å². The van der Waals surface area contributed by atoms with Crippen molar-refractivity contribution in [1.29, 1.82) is 0 Å². The fourth-order valence-electron chi connectivity index (χ4n) is 1.22. The molecule has 0 saturated carbocycles. The van der Waals surface area contributed by atoms with Crippen LogP contribution in [0.1, 0.15) is 0 Å². The summed E-state index contributed by atoms with van der Waals surface area (Å²) in [5, 5.41) is 4.35. The van der Waals surface area contributed by atoms with Gasteiger partial charge in [0.05, 0.1) is 26.0 Å². The molecule has 1 saturated heterocycles. The molecule has 0 radical (unpaired) electrons. The van der Waals surface area contributed by atoms with Gasteiger partial charge in [0.1, 0.15) is 0 Å². The van der Waals surface area contributed by atoms with Gasteiger partial charge in [-0.2, -0.15) is 0 Å². The Morgan fingerprint density at radius 3 is 2.64 bits per heavy atom. The zero-order valence-electron chi connectivity index (χ0n) is 7.30. The number of halogens is 2. The van der Waals surface area contributed by atoms with Gasteiger partial charge in [-0.25, -0.2) is 0 Å². The molecule has 1 fully saturated rings. The molecule has 1 aliphatic rings. The third-order valence-electron chi connectivity index (χ3n) is 2.16. The summed E-state index contributed by atoms with van der Waals surface area (Å²) in [6.07, 6.45) is 0. The molecule has 2 nitrogen and oxygen atoms in total. The highest BCUT2D eigenvalue weighted by atomic mass is 35.5. The summed E-state index contributed by atoms with van der Waals surface area (Å²) >= 11 is 11.8. The Balaban J connectivity index is 2.29. The molecule has 14 heavy (non-hydrogen) atoms. The fraction of sp³-hybridized carbons (Fsp3) is 0.333.